The van der Waals surface area contributed by atoms with E-state index in [4.69, 9.17) is 5.73 Å². The number of hydrogen-bond acceptors (Lipinski definition) is 6. The number of ether oxygens (including phenoxy) is 1. The van der Waals surface area contributed by atoms with Gasteiger partial charge in [-0.15, -0.1) is 10.2 Å². The van der Waals surface area contributed by atoms with Gasteiger partial charge in [0.15, 0.2) is 11.0 Å². The first-order chi connectivity index (χ1) is 12.0. The number of rotatable bonds is 9. The fraction of sp³-hybridized carbons (Fsp3) is 0.500. The van der Waals surface area contributed by atoms with E-state index in [2.05, 4.69) is 57.6 Å². The summed E-state index contributed by atoms with van der Waals surface area (Å²) in [5.41, 5.74) is 8.69. The van der Waals surface area contributed by atoms with Crippen LogP contribution in [-0.2, 0) is 16.1 Å². The predicted octanol–water partition coefficient (Wildman–Crippen LogP) is 3.09. The first-order valence-corrected chi connectivity index (χ1v) is 9.47. The summed E-state index contributed by atoms with van der Waals surface area (Å²) in [5, 5.41) is 9.40. The van der Waals surface area contributed by atoms with E-state index in [1.54, 1.807) is 0 Å². The van der Waals surface area contributed by atoms with Gasteiger partial charge in [0.25, 0.3) is 0 Å². The Balaban J connectivity index is 2.19. The highest BCUT2D eigenvalue weighted by Gasteiger charge is 2.18. The van der Waals surface area contributed by atoms with Gasteiger partial charge in [-0.2, -0.15) is 0 Å². The van der Waals surface area contributed by atoms with Crippen molar-refractivity contribution in [2.75, 3.05) is 12.9 Å². The van der Waals surface area contributed by atoms with Crippen LogP contribution >= 0.6 is 11.8 Å². The van der Waals surface area contributed by atoms with Crippen molar-refractivity contribution in [3.63, 3.8) is 0 Å². The normalized spacial score (nSPS) is 12.2. The second kappa shape index (κ2) is 9.58. The molecule has 2 rings (SSSR count). The molecule has 7 heteroatoms. The van der Waals surface area contributed by atoms with Crippen molar-refractivity contribution in [1.29, 1.82) is 0 Å². The van der Waals surface area contributed by atoms with Gasteiger partial charge in [-0.1, -0.05) is 54.9 Å². The Bertz CT molecular complexity index is 685. The number of hydrogen-bond donors (Lipinski definition) is 1. The second-order valence-electron chi connectivity index (χ2n) is 5.98. The Morgan fingerprint density at radius 2 is 2.04 bits per heavy atom. The predicted molar refractivity (Wildman–Crippen MR) is 99.5 cm³/mol. The van der Waals surface area contributed by atoms with Crippen molar-refractivity contribution in [2.45, 2.75) is 50.9 Å². The van der Waals surface area contributed by atoms with Crippen LogP contribution in [0.1, 0.15) is 49.2 Å². The molecule has 1 aromatic heterocycles. The third-order valence-electron chi connectivity index (χ3n) is 3.90. The fourth-order valence-electron chi connectivity index (χ4n) is 2.47. The van der Waals surface area contributed by atoms with E-state index in [1.165, 1.54) is 30.0 Å². The standard InChI is InChI=1S/C18H26N4O2S/c1-4-5-15(19)17-20-21-18(25-11-10-16(23)24-3)22(17)12-14-8-6-13(2)7-9-14/h6-9,15H,4-5,10-12,19H2,1-3H3. The summed E-state index contributed by atoms with van der Waals surface area (Å²) in [6.07, 6.45) is 2.19. The average Bonchev–Trinajstić information content (AvgIpc) is 2.99. The lowest BCUT2D eigenvalue weighted by atomic mass is 10.1. The largest absolute Gasteiger partial charge is 0.469 e. The lowest BCUT2D eigenvalue weighted by Crippen LogP contribution is -2.17. The summed E-state index contributed by atoms with van der Waals surface area (Å²) in [4.78, 5) is 11.3. The third kappa shape index (κ3) is 5.57. The van der Waals surface area contributed by atoms with Gasteiger partial charge in [0, 0.05) is 5.75 Å². The molecule has 0 bridgehead atoms. The third-order valence-corrected chi connectivity index (χ3v) is 4.87. The van der Waals surface area contributed by atoms with Crippen LogP contribution in [0.4, 0.5) is 0 Å². The van der Waals surface area contributed by atoms with E-state index in [-0.39, 0.29) is 12.0 Å². The van der Waals surface area contributed by atoms with Crippen molar-refractivity contribution in [3.8, 4) is 0 Å². The maximum Gasteiger partial charge on any atom is 0.306 e. The van der Waals surface area contributed by atoms with Gasteiger partial charge in [-0.05, 0) is 18.9 Å². The molecule has 2 aromatic rings. The number of aryl methyl sites for hydroxylation is 1. The molecule has 0 saturated carbocycles. The summed E-state index contributed by atoms with van der Waals surface area (Å²) in [6, 6.07) is 8.25. The molecule has 0 saturated heterocycles. The van der Waals surface area contributed by atoms with Gasteiger partial charge in [0.1, 0.15) is 0 Å². The summed E-state index contributed by atoms with van der Waals surface area (Å²) >= 11 is 1.50. The van der Waals surface area contributed by atoms with Crippen molar-refractivity contribution in [2.24, 2.45) is 5.73 Å². The summed E-state index contributed by atoms with van der Waals surface area (Å²) in [7, 11) is 1.40. The summed E-state index contributed by atoms with van der Waals surface area (Å²) in [5.74, 6) is 1.17. The molecular weight excluding hydrogens is 336 g/mol. The Morgan fingerprint density at radius 3 is 2.68 bits per heavy atom. The van der Waals surface area contributed by atoms with Crippen LogP contribution in [0, 0.1) is 6.92 Å². The van der Waals surface area contributed by atoms with Crippen LogP contribution in [0.3, 0.4) is 0 Å². The molecule has 0 spiro atoms. The van der Waals surface area contributed by atoms with Gasteiger partial charge >= 0.3 is 5.97 Å². The van der Waals surface area contributed by atoms with E-state index in [1.807, 2.05) is 0 Å². The molecule has 25 heavy (non-hydrogen) atoms. The molecule has 1 aromatic carbocycles. The van der Waals surface area contributed by atoms with Crippen LogP contribution in [0.5, 0.6) is 0 Å². The molecule has 136 valence electrons. The number of benzene rings is 1. The molecule has 0 amide bonds. The van der Waals surface area contributed by atoms with E-state index in [9.17, 15) is 4.79 Å². The number of nitrogens with zero attached hydrogens (tertiary/aromatic N) is 3. The van der Waals surface area contributed by atoms with Gasteiger partial charge in [0.2, 0.25) is 0 Å². The van der Waals surface area contributed by atoms with E-state index >= 15 is 0 Å². The highest BCUT2D eigenvalue weighted by Crippen LogP contribution is 2.24. The molecule has 0 aliphatic carbocycles. The number of carbonyl (C=O) groups is 1. The van der Waals surface area contributed by atoms with Crippen molar-refractivity contribution in [1.82, 2.24) is 14.8 Å². The van der Waals surface area contributed by atoms with Crippen molar-refractivity contribution in [3.05, 3.63) is 41.2 Å². The molecule has 1 atom stereocenters. The van der Waals surface area contributed by atoms with E-state index in [0.29, 0.717) is 18.7 Å². The molecule has 1 unspecified atom stereocenters. The molecular formula is C18H26N4O2S. The van der Waals surface area contributed by atoms with Gasteiger partial charge in [-0.3, -0.25) is 4.79 Å². The second-order valence-corrected chi connectivity index (χ2v) is 7.04. The van der Waals surface area contributed by atoms with Gasteiger partial charge < -0.3 is 15.0 Å². The molecule has 0 aliphatic rings. The van der Waals surface area contributed by atoms with E-state index in [0.717, 1.165) is 23.8 Å². The van der Waals surface area contributed by atoms with Crippen LogP contribution in [-0.4, -0.2) is 33.6 Å². The molecule has 1 heterocycles. The fourth-order valence-corrected chi connectivity index (χ4v) is 3.34. The number of nitrogens with two attached hydrogens (primary N) is 1. The Kier molecular flexibility index (Phi) is 7.46. The minimum absolute atomic E-state index is 0.141. The van der Waals surface area contributed by atoms with Crippen molar-refractivity contribution < 1.29 is 9.53 Å². The summed E-state index contributed by atoms with van der Waals surface area (Å²) < 4.78 is 6.75. The van der Waals surface area contributed by atoms with Gasteiger partial charge in [-0.25, -0.2) is 0 Å². The van der Waals surface area contributed by atoms with Crippen LogP contribution in [0.25, 0.3) is 0 Å². The molecule has 6 nitrogen and oxygen atoms in total. The zero-order valence-electron chi connectivity index (χ0n) is 15.1. The van der Waals surface area contributed by atoms with Crippen LogP contribution in [0.2, 0.25) is 0 Å². The van der Waals surface area contributed by atoms with Crippen LogP contribution < -0.4 is 5.73 Å². The summed E-state index contributed by atoms with van der Waals surface area (Å²) in [6.45, 7) is 4.84. The lowest BCUT2D eigenvalue weighted by Gasteiger charge is -2.14. The number of thioether (sulfide) groups is 1. The number of esters is 1. The molecule has 0 radical (unpaired) electrons. The zero-order chi connectivity index (χ0) is 18.2. The number of methoxy groups -OCH3 is 1. The minimum atomic E-state index is -0.222. The van der Waals surface area contributed by atoms with E-state index < -0.39 is 0 Å². The maximum absolute atomic E-state index is 11.3. The number of aromatic nitrogens is 3. The van der Waals surface area contributed by atoms with Crippen molar-refractivity contribution >= 4 is 17.7 Å². The Labute approximate surface area is 153 Å². The quantitative estimate of drug-likeness (QED) is 0.545. The highest BCUT2D eigenvalue weighted by molar-refractivity contribution is 7.99. The molecule has 2 N–H and O–H groups in total. The maximum atomic E-state index is 11.3. The SMILES string of the molecule is CCCC(N)c1nnc(SCCC(=O)OC)n1Cc1ccc(C)cc1. The van der Waals surface area contributed by atoms with Gasteiger partial charge in [0.05, 0.1) is 26.1 Å². The molecule has 0 aliphatic heterocycles. The average molecular weight is 362 g/mol. The first kappa shape index (κ1) is 19.5. The van der Waals surface area contributed by atoms with Crippen LogP contribution in [0.15, 0.2) is 29.4 Å². The smallest absolute Gasteiger partial charge is 0.306 e. The minimum Gasteiger partial charge on any atom is -0.469 e. The monoisotopic (exact) mass is 362 g/mol. The highest BCUT2D eigenvalue weighted by atomic mass is 32.2. The molecule has 0 fully saturated rings. The Hall–Kier alpha value is -1.86. The first-order valence-electron chi connectivity index (χ1n) is 8.49. The zero-order valence-corrected chi connectivity index (χ0v) is 15.9. The topological polar surface area (TPSA) is 83.0 Å². The Morgan fingerprint density at radius 1 is 1.32 bits per heavy atom. The number of carbonyl (C=O) groups excluding carboxylic acids is 1. The lowest BCUT2D eigenvalue weighted by molar-refractivity contribution is -0.140.